The second kappa shape index (κ2) is 6.89. The van der Waals surface area contributed by atoms with E-state index >= 15 is 0 Å². The second-order valence-electron chi connectivity index (χ2n) is 5.67. The lowest BCUT2D eigenvalue weighted by Gasteiger charge is -2.26. The summed E-state index contributed by atoms with van der Waals surface area (Å²) in [6.45, 7) is 7.84. The van der Waals surface area contributed by atoms with Crippen LogP contribution in [0.2, 0.25) is 0 Å². The molecule has 6 nitrogen and oxygen atoms in total. The van der Waals surface area contributed by atoms with E-state index in [2.05, 4.69) is 33.2 Å². The van der Waals surface area contributed by atoms with Gasteiger partial charge >= 0.3 is 0 Å². The number of hydrogen-bond donors (Lipinski definition) is 2. The number of pyridine rings is 2. The molecule has 22 heavy (non-hydrogen) atoms. The monoisotopic (exact) mass is 301 g/mol. The van der Waals surface area contributed by atoms with E-state index in [0.29, 0.717) is 11.5 Å². The van der Waals surface area contributed by atoms with E-state index in [4.69, 9.17) is 10.5 Å². The normalized spacial score (nSPS) is 16.0. The lowest BCUT2D eigenvalue weighted by molar-refractivity contribution is 0.0378. The van der Waals surface area contributed by atoms with Crippen LogP contribution in [0.15, 0.2) is 18.2 Å². The zero-order chi connectivity index (χ0) is 15.4. The number of aryl methyl sites for hydroxylation is 1. The highest BCUT2D eigenvalue weighted by Crippen LogP contribution is 2.19. The van der Waals surface area contributed by atoms with Crippen LogP contribution in [0.5, 0.6) is 0 Å². The molecular formula is C16H23N5O. The first kappa shape index (κ1) is 15.0. The Morgan fingerprint density at radius 2 is 2.09 bits per heavy atom. The maximum Gasteiger partial charge on any atom is 0.164 e. The molecule has 118 valence electrons. The molecule has 2 aromatic heterocycles. The molecule has 3 N–H and O–H groups in total. The fraction of sp³-hybridized carbons (Fsp3) is 0.500. The van der Waals surface area contributed by atoms with Gasteiger partial charge in [0, 0.05) is 25.0 Å². The van der Waals surface area contributed by atoms with Gasteiger partial charge < -0.3 is 15.8 Å². The first-order valence-corrected chi connectivity index (χ1v) is 7.80. The van der Waals surface area contributed by atoms with Crippen LogP contribution < -0.4 is 11.1 Å². The van der Waals surface area contributed by atoms with E-state index in [1.165, 1.54) is 0 Å². The lowest BCUT2D eigenvalue weighted by Crippen LogP contribution is -2.37. The molecule has 0 spiro atoms. The SMILES string of the molecule is Cc1cc(NCCCN2CCOCC2)nc2nc(N)ccc12. The Balaban J connectivity index is 1.57. The van der Waals surface area contributed by atoms with Gasteiger partial charge in [-0.1, -0.05) is 0 Å². The maximum absolute atomic E-state index is 5.74. The van der Waals surface area contributed by atoms with Gasteiger partial charge in [-0.15, -0.1) is 0 Å². The maximum atomic E-state index is 5.74. The summed E-state index contributed by atoms with van der Waals surface area (Å²) in [6.07, 6.45) is 1.09. The molecule has 6 heteroatoms. The third-order valence-corrected chi connectivity index (χ3v) is 3.96. The molecule has 0 amide bonds. The zero-order valence-electron chi connectivity index (χ0n) is 13.0. The van der Waals surface area contributed by atoms with Gasteiger partial charge in [0.05, 0.1) is 13.2 Å². The van der Waals surface area contributed by atoms with Crippen molar-refractivity contribution in [3.8, 4) is 0 Å². The van der Waals surface area contributed by atoms with Crippen molar-refractivity contribution < 1.29 is 4.74 Å². The molecule has 1 aliphatic rings. The lowest BCUT2D eigenvalue weighted by atomic mass is 10.2. The summed E-state index contributed by atoms with van der Waals surface area (Å²) in [5.41, 5.74) is 7.61. The smallest absolute Gasteiger partial charge is 0.164 e. The highest BCUT2D eigenvalue weighted by Gasteiger charge is 2.09. The molecule has 2 aromatic rings. The van der Waals surface area contributed by atoms with Crippen LogP contribution in [0.3, 0.4) is 0 Å². The summed E-state index contributed by atoms with van der Waals surface area (Å²) >= 11 is 0. The van der Waals surface area contributed by atoms with Crippen LogP contribution in [0.25, 0.3) is 11.0 Å². The third kappa shape index (κ3) is 3.64. The number of nitrogen functional groups attached to an aromatic ring is 1. The number of fused-ring (bicyclic) bond motifs is 1. The summed E-state index contributed by atoms with van der Waals surface area (Å²) < 4.78 is 5.35. The van der Waals surface area contributed by atoms with Crippen LogP contribution in [-0.2, 0) is 4.74 Å². The predicted molar refractivity (Wildman–Crippen MR) is 89.1 cm³/mol. The van der Waals surface area contributed by atoms with Crippen LogP contribution in [0.1, 0.15) is 12.0 Å². The first-order chi connectivity index (χ1) is 10.7. The molecule has 1 saturated heterocycles. The van der Waals surface area contributed by atoms with Gasteiger partial charge in [0.2, 0.25) is 0 Å². The molecule has 0 atom stereocenters. The highest BCUT2D eigenvalue weighted by molar-refractivity contribution is 5.81. The number of ether oxygens (including phenoxy) is 1. The van der Waals surface area contributed by atoms with Crippen LogP contribution >= 0.6 is 0 Å². The topological polar surface area (TPSA) is 76.3 Å². The highest BCUT2D eigenvalue weighted by atomic mass is 16.5. The van der Waals surface area contributed by atoms with Gasteiger partial charge in [-0.25, -0.2) is 9.97 Å². The Hall–Kier alpha value is -1.92. The van der Waals surface area contributed by atoms with Crippen molar-refractivity contribution in [1.82, 2.24) is 14.9 Å². The summed E-state index contributed by atoms with van der Waals surface area (Å²) in [7, 11) is 0. The van der Waals surface area contributed by atoms with Crippen molar-refractivity contribution in [1.29, 1.82) is 0 Å². The molecule has 1 fully saturated rings. The molecule has 3 heterocycles. The van der Waals surface area contributed by atoms with Crippen LogP contribution in [0.4, 0.5) is 11.6 Å². The minimum atomic E-state index is 0.504. The molecule has 0 aromatic carbocycles. The number of aromatic nitrogens is 2. The van der Waals surface area contributed by atoms with Gasteiger partial charge in [-0.3, -0.25) is 4.90 Å². The van der Waals surface area contributed by atoms with Crippen molar-refractivity contribution in [2.24, 2.45) is 0 Å². The Labute approximate surface area is 130 Å². The van der Waals surface area contributed by atoms with E-state index in [0.717, 1.165) is 62.6 Å². The van der Waals surface area contributed by atoms with Gasteiger partial charge in [0.15, 0.2) is 5.65 Å². The average molecular weight is 301 g/mol. The number of hydrogen-bond acceptors (Lipinski definition) is 6. The largest absolute Gasteiger partial charge is 0.384 e. The first-order valence-electron chi connectivity index (χ1n) is 7.80. The molecule has 1 aliphatic heterocycles. The van der Waals surface area contributed by atoms with E-state index in [1.54, 1.807) is 0 Å². The summed E-state index contributed by atoms with van der Waals surface area (Å²) in [5, 5.41) is 4.44. The molecule has 3 rings (SSSR count). The van der Waals surface area contributed by atoms with Crippen molar-refractivity contribution >= 4 is 22.7 Å². The quantitative estimate of drug-likeness (QED) is 0.818. The fourth-order valence-electron chi connectivity index (χ4n) is 2.72. The molecule has 0 radical (unpaired) electrons. The van der Waals surface area contributed by atoms with Crippen molar-refractivity contribution in [2.45, 2.75) is 13.3 Å². The number of morpholine rings is 1. The molecule has 0 aliphatic carbocycles. The predicted octanol–water partition coefficient (Wildman–Crippen LogP) is 1.65. The Bertz CT molecular complexity index is 640. The molecular weight excluding hydrogens is 278 g/mol. The molecule has 0 unspecified atom stereocenters. The molecule has 0 saturated carbocycles. The standard InChI is InChI=1S/C16H23N5O/c1-12-11-15(20-16-13(12)3-4-14(17)19-16)18-5-2-6-21-7-9-22-10-8-21/h3-4,11H,2,5-10H2,1H3,(H3,17,18,19,20). The fourth-order valence-corrected chi connectivity index (χ4v) is 2.72. The number of nitrogens with zero attached hydrogens (tertiary/aromatic N) is 3. The summed E-state index contributed by atoms with van der Waals surface area (Å²) in [6, 6.07) is 5.85. The van der Waals surface area contributed by atoms with Gasteiger partial charge in [-0.2, -0.15) is 0 Å². The average Bonchev–Trinajstić information content (AvgIpc) is 2.52. The van der Waals surface area contributed by atoms with E-state index in [1.807, 2.05) is 12.1 Å². The van der Waals surface area contributed by atoms with Gasteiger partial charge in [0.25, 0.3) is 0 Å². The van der Waals surface area contributed by atoms with E-state index in [9.17, 15) is 0 Å². The Morgan fingerprint density at radius 3 is 2.91 bits per heavy atom. The third-order valence-electron chi connectivity index (χ3n) is 3.96. The summed E-state index contributed by atoms with van der Waals surface area (Å²) in [4.78, 5) is 11.3. The number of nitrogens with two attached hydrogens (primary N) is 1. The minimum absolute atomic E-state index is 0.504. The minimum Gasteiger partial charge on any atom is -0.384 e. The van der Waals surface area contributed by atoms with Crippen LogP contribution in [-0.4, -0.2) is 54.3 Å². The van der Waals surface area contributed by atoms with Gasteiger partial charge in [-0.05, 0) is 43.7 Å². The number of nitrogens with one attached hydrogen (secondary N) is 1. The van der Waals surface area contributed by atoms with Crippen molar-refractivity contribution in [2.75, 3.05) is 50.4 Å². The van der Waals surface area contributed by atoms with Crippen LogP contribution in [0, 0.1) is 6.92 Å². The second-order valence-corrected chi connectivity index (χ2v) is 5.67. The van der Waals surface area contributed by atoms with Crippen molar-refractivity contribution in [3.63, 3.8) is 0 Å². The molecule has 0 bridgehead atoms. The Kier molecular flexibility index (Phi) is 4.70. The van der Waals surface area contributed by atoms with E-state index in [-0.39, 0.29) is 0 Å². The number of rotatable bonds is 5. The summed E-state index contributed by atoms with van der Waals surface area (Å²) in [5.74, 6) is 1.37. The Morgan fingerprint density at radius 1 is 1.27 bits per heavy atom. The van der Waals surface area contributed by atoms with Gasteiger partial charge in [0.1, 0.15) is 11.6 Å². The van der Waals surface area contributed by atoms with Crippen molar-refractivity contribution in [3.05, 3.63) is 23.8 Å². The van der Waals surface area contributed by atoms with E-state index < -0.39 is 0 Å². The zero-order valence-corrected chi connectivity index (χ0v) is 13.0. The number of anilines is 2.